The van der Waals surface area contributed by atoms with Crippen molar-refractivity contribution in [3.8, 4) is 0 Å². The van der Waals surface area contributed by atoms with Crippen LogP contribution in [0.4, 0.5) is 11.4 Å². The number of nitro groups is 1. The van der Waals surface area contributed by atoms with Crippen LogP contribution in [0, 0.1) is 10.1 Å². The lowest BCUT2D eigenvalue weighted by Crippen LogP contribution is -2.03. The molecule has 20 heavy (non-hydrogen) atoms. The Morgan fingerprint density at radius 3 is 2.65 bits per heavy atom. The Bertz CT molecular complexity index is 632. The summed E-state index contributed by atoms with van der Waals surface area (Å²) in [7, 11) is 0. The Morgan fingerprint density at radius 2 is 1.95 bits per heavy atom. The Kier molecular flexibility index (Phi) is 4.55. The third kappa shape index (κ3) is 3.26. The van der Waals surface area contributed by atoms with Crippen molar-refractivity contribution in [3.05, 3.63) is 68.7 Å². The second kappa shape index (κ2) is 6.36. The number of halogens is 1. The molecule has 2 rings (SSSR count). The molecular weight excluding hydrogens is 280 g/mol. The first-order valence-corrected chi connectivity index (χ1v) is 6.35. The van der Waals surface area contributed by atoms with Gasteiger partial charge in [-0.1, -0.05) is 29.8 Å². The van der Waals surface area contributed by atoms with Gasteiger partial charge in [-0.25, -0.2) is 0 Å². The first kappa shape index (κ1) is 14.3. The number of rotatable bonds is 5. The first-order chi connectivity index (χ1) is 9.61. The van der Waals surface area contributed by atoms with E-state index in [0.29, 0.717) is 17.1 Å². The monoisotopic (exact) mass is 292 g/mol. The maximum Gasteiger partial charge on any atom is 0.269 e. The van der Waals surface area contributed by atoms with Crippen LogP contribution < -0.4 is 5.32 Å². The van der Waals surface area contributed by atoms with E-state index in [1.807, 2.05) is 18.2 Å². The molecular formula is C14H13ClN2O3. The first-order valence-electron chi connectivity index (χ1n) is 5.97. The van der Waals surface area contributed by atoms with Gasteiger partial charge in [-0.05, 0) is 17.7 Å². The van der Waals surface area contributed by atoms with Crippen LogP contribution in [0.3, 0.4) is 0 Å². The summed E-state index contributed by atoms with van der Waals surface area (Å²) >= 11 is 6.03. The third-order valence-corrected chi connectivity index (χ3v) is 3.27. The fraction of sp³-hybridized carbons (Fsp3) is 0.143. The summed E-state index contributed by atoms with van der Waals surface area (Å²) in [5.41, 5.74) is 2.17. The van der Waals surface area contributed by atoms with E-state index in [-0.39, 0.29) is 12.3 Å². The van der Waals surface area contributed by atoms with Crippen molar-refractivity contribution in [2.75, 3.05) is 5.32 Å². The van der Waals surface area contributed by atoms with Gasteiger partial charge in [-0.3, -0.25) is 10.1 Å². The van der Waals surface area contributed by atoms with E-state index in [4.69, 9.17) is 11.6 Å². The van der Waals surface area contributed by atoms with Crippen LogP contribution in [0.15, 0.2) is 42.5 Å². The van der Waals surface area contributed by atoms with Crippen molar-refractivity contribution in [1.29, 1.82) is 0 Å². The summed E-state index contributed by atoms with van der Waals surface area (Å²) in [6, 6.07) is 11.6. The van der Waals surface area contributed by atoms with Crippen molar-refractivity contribution in [1.82, 2.24) is 0 Å². The molecule has 0 saturated heterocycles. The summed E-state index contributed by atoms with van der Waals surface area (Å²) < 4.78 is 0. The summed E-state index contributed by atoms with van der Waals surface area (Å²) in [5.74, 6) is 0. The second-order valence-electron chi connectivity index (χ2n) is 4.20. The number of anilines is 1. The minimum Gasteiger partial charge on any atom is -0.392 e. The van der Waals surface area contributed by atoms with E-state index in [9.17, 15) is 15.2 Å². The van der Waals surface area contributed by atoms with Gasteiger partial charge in [0.05, 0.1) is 11.5 Å². The average molecular weight is 293 g/mol. The van der Waals surface area contributed by atoms with Gasteiger partial charge in [0.15, 0.2) is 0 Å². The quantitative estimate of drug-likeness (QED) is 0.654. The molecule has 0 bridgehead atoms. The Balaban J connectivity index is 2.18. The van der Waals surface area contributed by atoms with Crippen molar-refractivity contribution < 1.29 is 10.0 Å². The van der Waals surface area contributed by atoms with Crippen molar-refractivity contribution in [2.24, 2.45) is 0 Å². The smallest absolute Gasteiger partial charge is 0.269 e. The highest BCUT2D eigenvalue weighted by Gasteiger charge is 2.10. The highest BCUT2D eigenvalue weighted by Crippen LogP contribution is 2.24. The van der Waals surface area contributed by atoms with Crippen LogP contribution in [0.2, 0.25) is 5.02 Å². The highest BCUT2D eigenvalue weighted by molar-refractivity contribution is 6.31. The zero-order chi connectivity index (χ0) is 14.5. The van der Waals surface area contributed by atoms with E-state index in [1.54, 1.807) is 6.07 Å². The normalized spacial score (nSPS) is 10.3. The lowest BCUT2D eigenvalue weighted by atomic mass is 10.1. The molecule has 0 fully saturated rings. The Hall–Kier alpha value is -2.11. The molecule has 6 heteroatoms. The van der Waals surface area contributed by atoms with Crippen LogP contribution in [-0.2, 0) is 13.2 Å². The van der Waals surface area contributed by atoms with Gasteiger partial charge < -0.3 is 10.4 Å². The largest absolute Gasteiger partial charge is 0.392 e. The van der Waals surface area contributed by atoms with Gasteiger partial charge in [-0.2, -0.15) is 0 Å². The lowest BCUT2D eigenvalue weighted by molar-refractivity contribution is -0.384. The number of non-ortho nitro benzene ring substituents is 1. The van der Waals surface area contributed by atoms with Gasteiger partial charge >= 0.3 is 0 Å². The number of aliphatic hydroxyl groups is 1. The minimum absolute atomic E-state index is 0.00152. The average Bonchev–Trinajstić information content (AvgIpc) is 2.46. The maximum atomic E-state index is 10.7. The summed E-state index contributed by atoms with van der Waals surface area (Å²) in [6.07, 6.45) is 0. The third-order valence-electron chi connectivity index (χ3n) is 2.90. The molecule has 2 aromatic rings. The van der Waals surface area contributed by atoms with Crippen LogP contribution in [0.1, 0.15) is 11.1 Å². The predicted molar refractivity (Wildman–Crippen MR) is 77.8 cm³/mol. The van der Waals surface area contributed by atoms with Gasteiger partial charge in [0.2, 0.25) is 0 Å². The number of nitrogens with one attached hydrogen (secondary N) is 1. The van der Waals surface area contributed by atoms with E-state index in [1.165, 1.54) is 18.2 Å². The molecule has 2 N–H and O–H groups in total. The maximum absolute atomic E-state index is 10.7. The molecule has 104 valence electrons. The van der Waals surface area contributed by atoms with Gasteiger partial charge in [0.1, 0.15) is 0 Å². The van der Waals surface area contributed by atoms with Gasteiger partial charge in [-0.15, -0.1) is 0 Å². The SMILES string of the molecule is O=[N+]([O-])c1ccc(Cl)c(CNc2ccccc2CO)c1. The molecule has 2 aromatic carbocycles. The van der Waals surface area contributed by atoms with Crippen molar-refractivity contribution >= 4 is 23.0 Å². The molecule has 0 aliphatic heterocycles. The summed E-state index contributed by atoms with van der Waals surface area (Å²) in [4.78, 5) is 10.3. The zero-order valence-electron chi connectivity index (χ0n) is 10.5. The fourth-order valence-electron chi connectivity index (χ4n) is 1.83. The van der Waals surface area contributed by atoms with E-state index < -0.39 is 4.92 Å². The van der Waals surface area contributed by atoms with Crippen LogP contribution >= 0.6 is 11.6 Å². The van der Waals surface area contributed by atoms with E-state index >= 15 is 0 Å². The highest BCUT2D eigenvalue weighted by atomic mass is 35.5. The Labute approximate surface area is 121 Å². The summed E-state index contributed by atoms with van der Waals surface area (Å²) in [6.45, 7) is 0.267. The molecule has 0 saturated carbocycles. The molecule has 0 aromatic heterocycles. The number of nitro benzene ring substituents is 1. The molecule has 0 aliphatic carbocycles. The van der Waals surface area contributed by atoms with Gasteiger partial charge in [0, 0.05) is 35.0 Å². The lowest BCUT2D eigenvalue weighted by Gasteiger charge is -2.11. The number of hydrogen-bond donors (Lipinski definition) is 2. The minimum atomic E-state index is -0.457. The topological polar surface area (TPSA) is 75.4 Å². The van der Waals surface area contributed by atoms with E-state index in [2.05, 4.69) is 5.32 Å². The zero-order valence-corrected chi connectivity index (χ0v) is 11.3. The number of hydrogen-bond acceptors (Lipinski definition) is 4. The standard InChI is InChI=1S/C14H13ClN2O3/c15-13-6-5-12(17(19)20)7-11(13)8-16-14-4-2-1-3-10(14)9-18/h1-7,16,18H,8-9H2. The number of para-hydroxylation sites is 1. The molecule has 0 unspecified atom stereocenters. The predicted octanol–water partition coefficient (Wildman–Crippen LogP) is 3.35. The molecule has 5 nitrogen and oxygen atoms in total. The van der Waals surface area contributed by atoms with Crippen molar-refractivity contribution in [3.63, 3.8) is 0 Å². The molecule has 0 atom stereocenters. The molecule has 0 heterocycles. The number of benzene rings is 2. The summed E-state index contributed by atoms with van der Waals surface area (Å²) in [5, 5.41) is 23.6. The van der Waals surface area contributed by atoms with Crippen LogP contribution in [-0.4, -0.2) is 10.0 Å². The van der Waals surface area contributed by atoms with Gasteiger partial charge in [0.25, 0.3) is 5.69 Å². The second-order valence-corrected chi connectivity index (χ2v) is 4.61. The van der Waals surface area contributed by atoms with Crippen LogP contribution in [0.5, 0.6) is 0 Å². The Morgan fingerprint density at radius 1 is 1.20 bits per heavy atom. The van der Waals surface area contributed by atoms with Crippen molar-refractivity contribution in [2.45, 2.75) is 13.2 Å². The fourth-order valence-corrected chi connectivity index (χ4v) is 2.02. The number of nitrogens with zero attached hydrogens (tertiary/aromatic N) is 1. The molecule has 0 amide bonds. The molecule has 0 spiro atoms. The van der Waals surface area contributed by atoms with E-state index in [0.717, 1.165) is 11.3 Å². The van der Waals surface area contributed by atoms with Crippen LogP contribution in [0.25, 0.3) is 0 Å². The molecule has 0 aliphatic rings. The molecule has 0 radical (unpaired) electrons. The number of aliphatic hydroxyl groups excluding tert-OH is 1.